The molecule has 0 bridgehead atoms. The fourth-order valence-corrected chi connectivity index (χ4v) is 7.20. The number of hydrogen-bond donors (Lipinski definition) is 0. The van der Waals surface area contributed by atoms with Gasteiger partial charge in [0.25, 0.3) is 0 Å². The molecule has 0 aromatic heterocycles. The Morgan fingerprint density at radius 3 is 1.81 bits per heavy atom. The predicted molar refractivity (Wildman–Crippen MR) is 192 cm³/mol. The van der Waals surface area contributed by atoms with Crippen LogP contribution in [0.15, 0.2) is 84.5 Å². The van der Waals surface area contributed by atoms with Crippen molar-refractivity contribution in [3.8, 4) is 11.1 Å². The second-order valence-corrected chi connectivity index (χ2v) is 13.0. The molecule has 1 atom stereocenters. The summed E-state index contributed by atoms with van der Waals surface area (Å²) in [5.74, 6) is 0.608. The summed E-state index contributed by atoms with van der Waals surface area (Å²) in [5.41, 5.74) is 12.7. The molecular weight excluding hydrogens is 518 g/mol. The first-order valence-electron chi connectivity index (χ1n) is 17.3. The van der Waals surface area contributed by atoms with Gasteiger partial charge in [0.15, 0.2) is 0 Å². The van der Waals surface area contributed by atoms with Crippen molar-refractivity contribution in [3.63, 3.8) is 0 Å². The average Bonchev–Trinajstić information content (AvgIpc) is 3.27. The normalized spacial score (nSPS) is 14.9. The van der Waals surface area contributed by atoms with Gasteiger partial charge in [-0.1, -0.05) is 134 Å². The summed E-state index contributed by atoms with van der Waals surface area (Å²) in [6, 6.07) is 25.5. The largest absolute Gasteiger partial charge is 0.345 e. The van der Waals surface area contributed by atoms with Crippen LogP contribution in [-0.4, -0.2) is 7.05 Å². The van der Waals surface area contributed by atoms with Crippen molar-refractivity contribution < 1.29 is 0 Å². The number of rotatable bonds is 16. The number of fused-ring (bicyclic) bond motifs is 1. The third-order valence-corrected chi connectivity index (χ3v) is 10.2. The summed E-state index contributed by atoms with van der Waals surface area (Å²) < 4.78 is 0. The molecule has 1 aliphatic rings. The van der Waals surface area contributed by atoms with E-state index in [1.165, 1.54) is 110 Å². The molecule has 3 aromatic carbocycles. The highest BCUT2D eigenvalue weighted by Crippen LogP contribution is 2.54. The van der Waals surface area contributed by atoms with Gasteiger partial charge in [0.1, 0.15) is 0 Å². The number of nitrogens with zero attached hydrogens (tertiary/aromatic N) is 1. The molecule has 1 heteroatoms. The Balaban J connectivity index is 1.64. The minimum Gasteiger partial charge on any atom is -0.345 e. The van der Waals surface area contributed by atoms with E-state index in [-0.39, 0.29) is 5.41 Å². The molecule has 230 valence electrons. The zero-order valence-corrected chi connectivity index (χ0v) is 28.3. The molecule has 0 aliphatic heterocycles. The van der Waals surface area contributed by atoms with E-state index in [0.29, 0.717) is 5.92 Å². The average molecular weight is 576 g/mol. The maximum Gasteiger partial charge on any atom is 0.0411 e. The first kappa shape index (κ1) is 32.8. The van der Waals surface area contributed by atoms with E-state index in [0.717, 1.165) is 0 Å². The van der Waals surface area contributed by atoms with E-state index in [1.807, 2.05) is 0 Å². The van der Waals surface area contributed by atoms with Crippen LogP contribution < -0.4 is 4.90 Å². The maximum atomic E-state index is 2.54. The Morgan fingerprint density at radius 1 is 0.721 bits per heavy atom. The number of hydrogen-bond acceptors (Lipinski definition) is 1. The highest BCUT2D eigenvalue weighted by molar-refractivity contribution is 5.83. The first-order valence-corrected chi connectivity index (χ1v) is 17.3. The molecule has 1 aliphatic carbocycles. The van der Waals surface area contributed by atoms with Gasteiger partial charge in [0.2, 0.25) is 0 Å². The molecule has 0 amide bonds. The molecule has 0 fully saturated rings. The zero-order valence-electron chi connectivity index (χ0n) is 28.3. The van der Waals surface area contributed by atoms with Gasteiger partial charge in [-0.05, 0) is 102 Å². The molecule has 0 saturated heterocycles. The first-order chi connectivity index (χ1) is 20.9. The maximum absolute atomic E-state index is 2.54. The van der Waals surface area contributed by atoms with Gasteiger partial charge in [-0.15, -0.1) is 0 Å². The van der Waals surface area contributed by atoms with Gasteiger partial charge in [0.05, 0.1) is 0 Å². The van der Waals surface area contributed by atoms with Crippen molar-refractivity contribution in [2.24, 2.45) is 0 Å². The third kappa shape index (κ3) is 7.36. The summed E-state index contributed by atoms with van der Waals surface area (Å²) in [5, 5.41) is 0. The lowest BCUT2D eigenvalue weighted by atomic mass is 9.69. The van der Waals surface area contributed by atoms with E-state index in [1.54, 1.807) is 11.1 Å². The van der Waals surface area contributed by atoms with Crippen LogP contribution in [0, 0.1) is 0 Å². The Morgan fingerprint density at radius 2 is 1.28 bits per heavy atom. The summed E-state index contributed by atoms with van der Waals surface area (Å²) in [7, 11) is 2.23. The van der Waals surface area contributed by atoms with Gasteiger partial charge in [-0.2, -0.15) is 0 Å². The van der Waals surface area contributed by atoms with Crippen LogP contribution >= 0.6 is 0 Å². The third-order valence-electron chi connectivity index (χ3n) is 10.2. The molecule has 43 heavy (non-hydrogen) atoms. The van der Waals surface area contributed by atoms with Gasteiger partial charge < -0.3 is 4.90 Å². The fraction of sp³-hybridized carbons (Fsp3) is 0.476. The Labute approximate surface area is 264 Å². The van der Waals surface area contributed by atoms with Crippen LogP contribution in [0.2, 0.25) is 0 Å². The van der Waals surface area contributed by atoms with Crippen molar-refractivity contribution in [3.05, 3.63) is 101 Å². The smallest absolute Gasteiger partial charge is 0.0411 e. The minimum absolute atomic E-state index is 0.121. The zero-order chi connectivity index (χ0) is 30.8. The van der Waals surface area contributed by atoms with Crippen LogP contribution in [0.3, 0.4) is 0 Å². The number of benzene rings is 3. The number of anilines is 2. The van der Waals surface area contributed by atoms with Crippen LogP contribution in [0.1, 0.15) is 135 Å². The van der Waals surface area contributed by atoms with Crippen LogP contribution in [0.25, 0.3) is 16.7 Å². The fourth-order valence-electron chi connectivity index (χ4n) is 7.20. The molecule has 0 spiro atoms. The summed E-state index contributed by atoms with van der Waals surface area (Å²) in [6.07, 6.45) is 18.9. The van der Waals surface area contributed by atoms with E-state index in [4.69, 9.17) is 0 Å². The molecule has 0 N–H and O–H groups in total. The van der Waals surface area contributed by atoms with Crippen molar-refractivity contribution in [2.75, 3.05) is 11.9 Å². The number of allylic oxidation sites excluding steroid dienone is 4. The van der Waals surface area contributed by atoms with Crippen LogP contribution in [0.5, 0.6) is 0 Å². The monoisotopic (exact) mass is 575 g/mol. The quantitative estimate of drug-likeness (QED) is 0.154. The highest BCUT2D eigenvalue weighted by atomic mass is 15.1. The van der Waals surface area contributed by atoms with E-state index < -0.39 is 0 Å². The van der Waals surface area contributed by atoms with Gasteiger partial charge in [0, 0.05) is 23.8 Å². The SMILES string of the molecule is C/C=C\C1=C(C)c2ccc(N(C)c3ccc(-c4ccc(C(C)CC)cc4)cc3)cc2C1(CCCCCC)CCCCCC. The minimum atomic E-state index is 0.121. The molecule has 0 heterocycles. The second-order valence-electron chi connectivity index (χ2n) is 13.0. The van der Waals surface area contributed by atoms with Gasteiger partial charge in [-0.25, -0.2) is 0 Å². The predicted octanol–water partition coefficient (Wildman–Crippen LogP) is 13.2. The topological polar surface area (TPSA) is 3.24 Å². The molecule has 4 rings (SSSR count). The van der Waals surface area contributed by atoms with Crippen LogP contribution in [0.4, 0.5) is 11.4 Å². The molecule has 1 unspecified atom stereocenters. The van der Waals surface area contributed by atoms with Gasteiger partial charge >= 0.3 is 0 Å². The standard InChI is InChI=1S/C42H57N/c1-8-12-14-16-29-42(30-17-15-13-9-2)40(18-10-3)33(6)39-28-27-38(31-41(39)42)43(7)37-25-23-36(24-26-37)35-21-19-34(20-22-35)32(5)11-4/h10,18-28,31-32H,8-9,11-17,29-30H2,1-7H3/b18-10-. The number of unbranched alkanes of at least 4 members (excludes halogenated alkanes) is 6. The van der Waals surface area contributed by atoms with E-state index >= 15 is 0 Å². The molecule has 3 aromatic rings. The van der Waals surface area contributed by atoms with Crippen molar-refractivity contribution in [1.82, 2.24) is 0 Å². The Hall–Kier alpha value is -3.06. The van der Waals surface area contributed by atoms with Crippen molar-refractivity contribution >= 4 is 16.9 Å². The lowest BCUT2D eigenvalue weighted by Gasteiger charge is -2.35. The summed E-state index contributed by atoms with van der Waals surface area (Å²) in [4.78, 5) is 2.37. The van der Waals surface area contributed by atoms with Gasteiger partial charge in [-0.3, -0.25) is 0 Å². The summed E-state index contributed by atoms with van der Waals surface area (Å²) in [6.45, 7) is 13.8. The lowest BCUT2D eigenvalue weighted by Crippen LogP contribution is -2.27. The lowest BCUT2D eigenvalue weighted by molar-refractivity contribution is 0.398. The Bertz CT molecular complexity index is 1340. The van der Waals surface area contributed by atoms with E-state index in [2.05, 4.69) is 132 Å². The Kier molecular flexibility index (Phi) is 11.9. The molecule has 0 saturated carbocycles. The van der Waals surface area contributed by atoms with Crippen LogP contribution in [-0.2, 0) is 5.41 Å². The summed E-state index contributed by atoms with van der Waals surface area (Å²) >= 11 is 0. The molecule has 0 radical (unpaired) electrons. The molecule has 1 nitrogen and oxygen atoms in total. The van der Waals surface area contributed by atoms with E-state index in [9.17, 15) is 0 Å². The second kappa shape index (κ2) is 15.6. The van der Waals surface area contributed by atoms with Crippen molar-refractivity contribution in [2.45, 2.75) is 124 Å². The van der Waals surface area contributed by atoms with Crippen molar-refractivity contribution in [1.29, 1.82) is 0 Å². The highest BCUT2D eigenvalue weighted by Gasteiger charge is 2.42. The molecular formula is C42H57N.